The first-order valence-corrected chi connectivity index (χ1v) is 6.43. The minimum atomic E-state index is -1.12. The molecule has 0 fully saturated rings. The molecule has 3 N–H and O–H groups in total. The Bertz CT molecular complexity index is 688. The molecule has 1 aliphatic rings. The van der Waals surface area contributed by atoms with Crippen molar-refractivity contribution in [2.45, 2.75) is 6.04 Å². The van der Waals surface area contributed by atoms with Crippen LogP contribution < -0.4 is 5.32 Å². The van der Waals surface area contributed by atoms with Crippen molar-refractivity contribution >= 4 is 22.5 Å². The Morgan fingerprint density at radius 2 is 1.86 bits per heavy atom. The molecule has 0 radical (unpaired) electrons. The van der Waals surface area contributed by atoms with Gasteiger partial charge in [-0.25, -0.2) is 0 Å². The molecule has 0 saturated carbocycles. The summed E-state index contributed by atoms with van der Waals surface area (Å²) in [5, 5.41) is 22.3. The van der Waals surface area contributed by atoms with Gasteiger partial charge in [-0.05, 0) is 17.5 Å². The van der Waals surface area contributed by atoms with E-state index in [1.165, 1.54) is 6.08 Å². The number of ketones is 1. The number of hydrogen-bond acceptors (Lipinski definition) is 4. The number of nitrogens with one attached hydrogen (secondary N) is 1. The summed E-state index contributed by atoms with van der Waals surface area (Å²) >= 11 is 0. The fourth-order valence-electron chi connectivity index (χ4n) is 1.98. The van der Waals surface area contributed by atoms with Crippen molar-refractivity contribution in [1.82, 2.24) is 5.32 Å². The van der Waals surface area contributed by atoms with Gasteiger partial charge >= 0.3 is 5.97 Å². The largest absolute Gasteiger partial charge is 0.507 e. The van der Waals surface area contributed by atoms with Crippen LogP contribution in [0.3, 0.4) is 0 Å². The zero-order valence-corrected chi connectivity index (χ0v) is 11.2. The normalized spacial score (nSPS) is 17.1. The van der Waals surface area contributed by atoms with E-state index in [1.807, 2.05) is 36.4 Å². The molecule has 0 aromatic heterocycles. The number of benzene rings is 2. The van der Waals surface area contributed by atoms with E-state index >= 15 is 0 Å². The quantitative estimate of drug-likeness (QED) is 0.694. The molecule has 0 amide bonds. The summed E-state index contributed by atoms with van der Waals surface area (Å²) in [5.41, 5.74) is 0. The maximum absolute atomic E-state index is 10.7. The molecular formula is C16H15NO4. The van der Waals surface area contributed by atoms with Gasteiger partial charge in [0.2, 0.25) is 0 Å². The van der Waals surface area contributed by atoms with Crippen molar-refractivity contribution in [2.24, 2.45) is 0 Å². The predicted octanol–water partition coefficient (Wildman–Crippen LogP) is 1.71. The smallest absolute Gasteiger partial charge is 0.328 e. The predicted molar refractivity (Wildman–Crippen MR) is 79.2 cm³/mol. The van der Waals surface area contributed by atoms with Crippen LogP contribution in [-0.2, 0) is 9.59 Å². The zero-order chi connectivity index (χ0) is 15.2. The first kappa shape index (κ1) is 14.7. The minimum absolute atomic E-state index is 0.350. The highest BCUT2D eigenvalue weighted by Gasteiger charge is 2.24. The van der Waals surface area contributed by atoms with Crippen molar-refractivity contribution in [3.05, 3.63) is 54.6 Å². The first-order chi connectivity index (χ1) is 10.1. The average molecular weight is 285 g/mol. The van der Waals surface area contributed by atoms with E-state index in [4.69, 9.17) is 5.11 Å². The molecular weight excluding hydrogens is 270 g/mol. The lowest BCUT2D eigenvalue weighted by Crippen LogP contribution is -2.44. The molecule has 0 aliphatic carbocycles. The minimum Gasteiger partial charge on any atom is -0.507 e. The molecule has 1 heterocycles. The summed E-state index contributed by atoms with van der Waals surface area (Å²) in [6, 6.07) is 12.3. The van der Waals surface area contributed by atoms with Crippen LogP contribution in [-0.4, -0.2) is 34.6 Å². The Hall–Kier alpha value is -2.66. The van der Waals surface area contributed by atoms with Gasteiger partial charge in [-0.2, -0.15) is 0 Å². The van der Waals surface area contributed by atoms with Crippen molar-refractivity contribution < 1.29 is 19.8 Å². The number of carbonyl (C=O) groups is 2. The Kier molecular flexibility index (Phi) is 4.68. The lowest BCUT2D eigenvalue weighted by molar-refractivity contribution is -0.142. The number of aromatic hydroxyl groups is 1. The van der Waals surface area contributed by atoms with Crippen LogP contribution in [0.4, 0.5) is 0 Å². The molecule has 2 aromatic rings. The molecule has 1 aliphatic heterocycles. The van der Waals surface area contributed by atoms with E-state index in [-0.39, 0.29) is 0 Å². The second-order valence-electron chi connectivity index (χ2n) is 4.48. The second kappa shape index (κ2) is 6.67. The van der Waals surface area contributed by atoms with Crippen LogP contribution in [0, 0.1) is 0 Å². The molecule has 0 saturated heterocycles. The maximum Gasteiger partial charge on any atom is 0.328 e. The highest BCUT2D eigenvalue weighted by Crippen LogP contribution is 2.22. The van der Waals surface area contributed by atoms with Crippen molar-refractivity contribution in [3.63, 3.8) is 0 Å². The van der Waals surface area contributed by atoms with Gasteiger partial charge in [0, 0.05) is 11.9 Å². The number of phenolic OH excluding ortho intramolecular Hbond substituents is 1. The lowest BCUT2D eigenvalue weighted by atomic mass is 10.1. The highest BCUT2D eigenvalue weighted by atomic mass is 16.4. The third-order valence-electron chi connectivity index (χ3n) is 3.02. The van der Waals surface area contributed by atoms with Gasteiger partial charge in [0.1, 0.15) is 5.75 Å². The summed E-state index contributed by atoms with van der Waals surface area (Å²) in [6.07, 6.45) is 2.89. The summed E-state index contributed by atoms with van der Waals surface area (Å²) in [7, 11) is 0. The van der Waals surface area contributed by atoms with E-state index in [1.54, 1.807) is 12.1 Å². The van der Waals surface area contributed by atoms with E-state index in [2.05, 4.69) is 5.32 Å². The third kappa shape index (κ3) is 3.67. The van der Waals surface area contributed by atoms with Gasteiger partial charge in [-0.1, -0.05) is 42.5 Å². The van der Waals surface area contributed by atoms with Crippen molar-refractivity contribution in [2.75, 3.05) is 6.54 Å². The van der Waals surface area contributed by atoms with Gasteiger partial charge in [0.15, 0.2) is 11.8 Å². The Labute approximate surface area is 121 Å². The fraction of sp³-hybridized carbons (Fsp3) is 0.125. The maximum atomic E-state index is 10.7. The van der Waals surface area contributed by atoms with E-state index in [9.17, 15) is 14.7 Å². The lowest BCUT2D eigenvalue weighted by Gasteiger charge is -2.12. The molecule has 0 spiro atoms. The van der Waals surface area contributed by atoms with Gasteiger partial charge in [0.05, 0.1) is 0 Å². The number of carboxylic acids is 1. The number of rotatable bonds is 1. The Morgan fingerprint density at radius 3 is 2.48 bits per heavy atom. The number of hydrogen-bond donors (Lipinski definition) is 3. The monoisotopic (exact) mass is 285 g/mol. The topological polar surface area (TPSA) is 86.6 Å². The van der Waals surface area contributed by atoms with Crippen molar-refractivity contribution in [3.8, 4) is 5.75 Å². The van der Waals surface area contributed by atoms with Crippen molar-refractivity contribution in [1.29, 1.82) is 0 Å². The summed E-state index contributed by atoms with van der Waals surface area (Å²) in [5.74, 6) is -1.16. The molecule has 5 nitrogen and oxygen atoms in total. The van der Waals surface area contributed by atoms with Gasteiger partial charge in [-0.15, -0.1) is 0 Å². The summed E-state index contributed by atoms with van der Waals surface area (Å²) < 4.78 is 0. The summed E-state index contributed by atoms with van der Waals surface area (Å²) in [4.78, 5) is 21.0. The van der Waals surface area contributed by atoms with Crippen LogP contribution in [0.25, 0.3) is 10.8 Å². The molecule has 5 heteroatoms. The number of phenols is 1. The molecule has 1 atom stereocenters. The molecule has 108 valence electrons. The summed E-state index contributed by atoms with van der Waals surface area (Å²) in [6.45, 7) is 0.447. The third-order valence-corrected chi connectivity index (χ3v) is 3.02. The highest BCUT2D eigenvalue weighted by molar-refractivity contribution is 6.08. The van der Waals surface area contributed by atoms with Gasteiger partial charge in [-0.3, -0.25) is 14.9 Å². The van der Waals surface area contributed by atoms with E-state index in [0.29, 0.717) is 12.3 Å². The number of carbonyl (C=O) groups excluding carboxylic acids is 1. The van der Waals surface area contributed by atoms with Crippen LogP contribution >= 0.6 is 0 Å². The average Bonchev–Trinajstić information content (AvgIpc) is 2.49. The molecule has 21 heavy (non-hydrogen) atoms. The number of aliphatic carboxylic acids is 1. The van der Waals surface area contributed by atoms with Crippen LogP contribution in [0.1, 0.15) is 0 Å². The van der Waals surface area contributed by atoms with Crippen LogP contribution in [0.15, 0.2) is 54.6 Å². The molecule has 1 unspecified atom stereocenters. The Balaban J connectivity index is 0.000000155. The van der Waals surface area contributed by atoms with Crippen LogP contribution in [0.2, 0.25) is 0 Å². The first-order valence-electron chi connectivity index (χ1n) is 6.43. The number of carboxylic acid groups (broad SMARTS) is 1. The molecule has 0 bridgehead atoms. The van der Waals surface area contributed by atoms with Gasteiger partial charge in [0.25, 0.3) is 0 Å². The van der Waals surface area contributed by atoms with E-state index in [0.717, 1.165) is 10.8 Å². The van der Waals surface area contributed by atoms with Gasteiger partial charge < -0.3 is 10.2 Å². The molecule has 3 rings (SSSR count). The fourth-order valence-corrected chi connectivity index (χ4v) is 1.98. The zero-order valence-electron chi connectivity index (χ0n) is 11.2. The standard InChI is InChI=1S/C10H8O.C6H7NO3/c11-10-7-3-5-8-4-1-2-6-9(8)10;8-4-2-1-3-7-5(4)6(9)10/h1-7,11H;1-2,5,7H,3H2,(H,9,10). The second-order valence-corrected chi connectivity index (χ2v) is 4.48. The number of fused-ring (bicyclic) bond motifs is 1. The van der Waals surface area contributed by atoms with Crippen LogP contribution in [0.5, 0.6) is 5.75 Å². The van der Waals surface area contributed by atoms with E-state index < -0.39 is 17.8 Å². The molecule has 2 aromatic carbocycles. The SMILES string of the molecule is O=C(O)C1NCC=CC1=O.Oc1cccc2ccccc12. The Morgan fingerprint density at radius 1 is 1.14 bits per heavy atom.